The first-order valence-corrected chi connectivity index (χ1v) is 8.92. The molecule has 0 aromatic heterocycles. The van der Waals surface area contributed by atoms with Gasteiger partial charge in [0.15, 0.2) is 0 Å². The second kappa shape index (κ2) is 8.56. The molecule has 0 atom stereocenters. The van der Waals surface area contributed by atoms with Gasteiger partial charge in [-0.1, -0.05) is 60.8 Å². The van der Waals surface area contributed by atoms with Crippen LogP contribution < -0.4 is 0 Å². The number of ether oxygens (including phenoxy) is 1. The van der Waals surface area contributed by atoms with Crippen LogP contribution in [0.15, 0.2) is 0 Å². The van der Waals surface area contributed by atoms with Crippen molar-refractivity contribution in [2.75, 3.05) is 7.11 Å². The molecule has 128 valence electrons. The van der Waals surface area contributed by atoms with E-state index in [1.54, 1.807) is 7.11 Å². The molecule has 0 bridgehead atoms. The quantitative estimate of drug-likeness (QED) is 0.553. The van der Waals surface area contributed by atoms with Gasteiger partial charge >= 0.3 is 0 Å². The van der Waals surface area contributed by atoms with Gasteiger partial charge in [0.1, 0.15) is 0 Å². The Balaban J connectivity index is 0.000000382. The van der Waals surface area contributed by atoms with Crippen molar-refractivity contribution in [2.24, 2.45) is 16.7 Å². The maximum atomic E-state index is 5.33. The molecule has 21 heavy (non-hydrogen) atoms. The van der Waals surface area contributed by atoms with Crippen LogP contribution in [0.5, 0.6) is 0 Å². The first-order chi connectivity index (χ1) is 9.37. The van der Waals surface area contributed by atoms with Gasteiger partial charge in [-0.25, -0.2) is 0 Å². The van der Waals surface area contributed by atoms with E-state index < -0.39 is 0 Å². The Kier molecular flexibility index (Phi) is 8.54. The van der Waals surface area contributed by atoms with Crippen LogP contribution in [0.1, 0.15) is 100 Å². The van der Waals surface area contributed by atoms with Crippen LogP contribution in [-0.2, 0) is 4.74 Å². The van der Waals surface area contributed by atoms with Gasteiger partial charge in [-0.3, -0.25) is 0 Å². The molecule has 0 saturated heterocycles. The molecule has 0 aliphatic heterocycles. The normalized spacial score (nSPS) is 18.1. The van der Waals surface area contributed by atoms with Gasteiger partial charge in [0, 0.05) is 7.11 Å². The average molecular weight is 299 g/mol. The molecule has 0 aromatic rings. The third-order valence-electron chi connectivity index (χ3n) is 4.86. The standard InChI is InChI=1S/C10H22O.C10H20/c1-9(2,3)7-8-10(4,5)11-6;1-10(2,3)9-7-5-4-6-8-9/h7-8H2,1-6H3;9H,4-8H2,1-3H3. The summed E-state index contributed by atoms with van der Waals surface area (Å²) in [6, 6.07) is 0. The topological polar surface area (TPSA) is 9.23 Å². The van der Waals surface area contributed by atoms with Crippen molar-refractivity contribution in [3.05, 3.63) is 0 Å². The molecule has 0 radical (unpaired) electrons. The van der Waals surface area contributed by atoms with E-state index >= 15 is 0 Å². The van der Waals surface area contributed by atoms with E-state index in [1.165, 1.54) is 38.5 Å². The zero-order valence-corrected chi connectivity index (χ0v) is 16.4. The SMILES string of the molecule is CC(C)(C)C1CCCCC1.COC(C)(C)CCC(C)(C)C. The molecule has 1 aliphatic carbocycles. The van der Waals surface area contributed by atoms with Gasteiger partial charge in [0.2, 0.25) is 0 Å². The highest BCUT2D eigenvalue weighted by atomic mass is 16.5. The monoisotopic (exact) mass is 298 g/mol. The fraction of sp³-hybridized carbons (Fsp3) is 1.00. The molecule has 1 fully saturated rings. The molecule has 1 aliphatic rings. The summed E-state index contributed by atoms with van der Waals surface area (Å²) in [6.07, 6.45) is 9.73. The smallest absolute Gasteiger partial charge is 0.0623 e. The van der Waals surface area contributed by atoms with Crippen LogP contribution >= 0.6 is 0 Å². The van der Waals surface area contributed by atoms with E-state index in [0.717, 1.165) is 12.3 Å². The predicted molar refractivity (Wildman–Crippen MR) is 95.8 cm³/mol. The van der Waals surface area contributed by atoms with Crippen LogP contribution in [0.3, 0.4) is 0 Å². The minimum Gasteiger partial charge on any atom is -0.379 e. The Morgan fingerprint density at radius 2 is 1.24 bits per heavy atom. The Morgan fingerprint density at radius 3 is 1.52 bits per heavy atom. The number of hydrogen-bond donors (Lipinski definition) is 0. The molecule has 0 amide bonds. The molecule has 1 saturated carbocycles. The minimum absolute atomic E-state index is 0.0489. The van der Waals surface area contributed by atoms with E-state index in [9.17, 15) is 0 Å². The van der Waals surface area contributed by atoms with Crippen LogP contribution in [0.4, 0.5) is 0 Å². The second-order valence-corrected chi connectivity index (χ2v) is 9.73. The lowest BCUT2D eigenvalue weighted by molar-refractivity contribution is 0.00697. The Labute approximate surface area is 135 Å². The van der Waals surface area contributed by atoms with Crippen LogP contribution in [0.25, 0.3) is 0 Å². The Bertz CT molecular complexity index is 259. The minimum atomic E-state index is 0.0489. The van der Waals surface area contributed by atoms with E-state index in [1.807, 2.05) is 0 Å². The lowest BCUT2D eigenvalue weighted by Crippen LogP contribution is -2.24. The molecule has 0 aromatic carbocycles. The van der Waals surface area contributed by atoms with Crippen LogP contribution in [-0.4, -0.2) is 12.7 Å². The molecular formula is C20H42O. The first-order valence-electron chi connectivity index (χ1n) is 8.92. The first kappa shape index (κ1) is 21.0. The molecule has 1 nitrogen and oxygen atoms in total. The highest BCUT2D eigenvalue weighted by Gasteiger charge is 2.25. The Morgan fingerprint density at radius 1 is 0.762 bits per heavy atom. The molecule has 0 spiro atoms. The summed E-state index contributed by atoms with van der Waals surface area (Å²) in [6.45, 7) is 18.2. The zero-order chi connectivity index (χ0) is 16.7. The summed E-state index contributed by atoms with van der Waals surface area (Å²) < 4.78 is 5.33. The molecule has 0 N–H and O–H groups in total. The lowest BCUT2D eigenvalue weighted by atomic mass is 9.72. The van der Waals surface area contributed by atoms with E-state index in [2.05, 4.69) is 55.4 Å². The van der Waals surface area contributed by atoms with Crippen molar-refractivity contribution in [3.8, 4) is 0 Å². The molecule has 1 heteroatoms. The summed E-state index contributed by atoms with van der Waals surface area (Å²) in [5.74, 6) is 1.00. The van der Waals surface area contributed by atoms with Crippen molar-refractivity contribution in [3.63, 3.8) is 0 Å². The van der Waals surface area contributed by atoms with Gasteiger partial charge in [-0.15, -0.1) is 0 Å². The summed E-state index contributed by atoms with van der Waals surface area (Å²) in [5.41, 5.74) is 1.05. The average Bonchev–Trinajstić information content (AvgIpc) is 2.37. The highest BCUT2D eigenvalue weighted by Crippen LogP contribution is 2.37. The fourth-order valence-electron chi connectivity index (χ4n) is 2.75. The summed E-state index contributed by atoms with van der Waals surface area (Å²) in [4.78, 5) is 0. The number of methoxy groups -OCH3 is 1. The van der Waals surface area contributed by atoms with E-state index in [4.69, 9.17) is 4.74 Å². The van der Waals surface area contributed by atoms with Crippen molar-refractivity contribution < 1.29 is 4.74 Å². The van der Waals surface area contributed by atoms with Gasteiger partial charge in [0.25, 0.3) is 0 Å². The molecule has 0 heterocycles. The highest BCUT2D eigenvalue weighted by molar-refractivity contribution is 4.76. The maximum absolute atomic E-state index is 5.33. The van der Waals surface area contributed by atoms with Crippen molar-refractivity contribution in [1.29, 1.82) is 0 Å². The third-order valence-corrected chi connectivity index (χ3v) is 4.86. The van der Waals surface area contributed by atoms with E-state index in [0.29, 0.717) is 10.8 Å². The van der Waals surface area contributed by atoms with Crippen LogP contribution in [0.2, 0.25) is 0 Å². The second-order valence-electron chi connectivity index (χ2n) is 9.73. The summed E-state index contributed by atoms with van der Waals surface area (Å²) in [7, 11) is 1.78. The van der Waals surface area contributed by atoms with Crippen molar-refractivity contribution >= 4 is 0 Å². The molecule has 1 rings (SSSR count). The fourth-order valence-corrected chi connectivity index (χ4v) is 2.75. The van der Waals surface area contributed by atoms with Gasteiger partial charge in [-0.2, -0.15) is 0 Å². The molecular weight excluding hydrogens is 256 g/mol. The van der Waals surface area contributed by atoms with Gasteiger partial charge in [-0.05, 0) is 56.3 Å². The largest absolute Gasteiger partial charge is 0.379 e. The van der Waals surface area contributed by atoms with Gasteiger partial charge < -0.3 is 4.74 Å². The van der Waals surface area contributed by atoms with Crippen molar-refractivity contribution in [1.82, 2.24) is 0 Å². The van der Waals surface area contributed by atoms with E-state index in [-0.39, 0.29) is 5.60 Å². The number of hydrogen-bond acceptors (Lipinski definition) is 1. The van der Waals surface area contributed by atoms with Crippen molar-refractivity contribution in [2.45, 2.75) is 106 Å². The Hall–Kier alpha value is -0.0400. The van der Waals surface area contributed by atoms with Crippen LogP contribution in [0, 0.1) is 16.7 Å². The lowest BCUT2D eigenvalue weighted by Gasteiger charge is -2.33. The van der Waals surface area contributed by atoms with Gasteiger partial charge in [0.05, 0.1) is 5.60 Å². The maximum Gasteiger partial charge on any atom is 0.0623 e. The number of rotatable bonds is 3. The zero-order valence-electron chi connectivity index (χ0n) is 16.4. The molecule has 0 unspecified atom stereocenters. The summed E-state index contributed by atoms with van der Waals surface area (Å²) in [5, 5.41) is 0. The summed E-state index contributed by atoms with van der Waals surface area (Å²) >= 11 is 0. The predicted octanol–water partition coefficient (Wildman–Crippen LogP) is 6.85. The third kappa shape index (κ3) is 11.2.